The van der Waals surface area contributed by atoms with Gasteiger partial charge in [-0.3, -0.25) is 4.79 Å². The Morgan fingerprint density at radius 3 is 2.18 bits per heavy atom. The van der Waals surface area contributed by atoms with Crippen LogP contribution >= 0.6 is 0 Å². The minimum atomic E-state index is -0.208. The molecule has 0 bridgehead atoms. The number of ether oxygens (including phenoxy) is 2. The molecule has 0 unspecified atom stereocenters. The van der Waals surface area contributed by atoms with E-state index in [4.69, 9.17) is 9.47 Å². The number of nitrogens with one attached hydrogen (secondary N) is 1. The summed E-state index contributed by atoms with van der Waals surface area (Å²) >= 11 is 0. The van der Waals surface area contributed by atoms with Gasteiger partial charge in [0.2, 0.25) is 5.91 Å². The van der Waals surface area contributed by atoms with Gasteiger partial charge in [-0.15, -0.1) is 0 Å². The van der Waals surface area contributed by atoms with Crippen molar-refractivity contribution in [2.24, 2.45) is 5.41 Å². The van der Waals surface area contributed by atoms with Crippen LogP contribution < -0.4 is 5.32 Å². The van der Waals surface area contributed by atoms with Gasteiger partial charge in [0, 0.05) is 12.6 Å². The Bertz CT molecular complexity index is 231. The highest BCUT2D eigenvalue weighted by atomic mass is 16.5. The van der Waals surface area contributed by atoms with Crippen molar-refractivity contribution in [1.82, 2.24) is 5.32 Å². The molecule has 102 valence electrons. The fraction of sp³-hybridized carbons (Fsp3) is 0.923. The van der Waals surface area contributed by atoms with Crippen LogP contribution in [-0.4, -0.2) is 38.4 Å². The third-order valence-electron chi connectivity index (χ3n) is 2.12. The molecule has 0 atom stereocenters. The minimum absolute atomic E-state index is 0.0737. The lowest BCUT2D eigenvalue weighted by atomic mass is 9.82. The number of carbonyl (C=O) groups excluding carboxylic acids is 1. The fourth-order valence-corrected chi connectivity index (χ4v) is 2.09. The third-order valence-corrected chi connectivity index (χ3v) is 2.12. The van der Waals surface area contributed by atoms with E-state index in [1.165, 1.54) is 0 Å². The Labute approximate surface area is 105 Å². The van der Waals surface area contributed by atoms with E-state index in [1.807, 2.05) is 13.8 Å². The third kappa shape index (κ3) is 10.3. The first-order valence-corrected chi connectivity index (χ1v) is 6.04. The van der Waals surface area contributed by atoms with E-state index in [9.17, 15) is 4.79 Å². The van der Waals surface area contributed by atoms with Crippen LogP contribution in [0.3, 0.4) is 0 Å². The Morgan fingerprint density at radius 1 is 1.12 bits per heavy atom. The van der Waals surface area contributed by atoms with Gasteiger partial charge in [0.1, 0.15) is 6.61 Å². The molecule has 17 heavy (non-hydrogen) atoms. The second-order valence-electron chi connectivity index (χ2n) is 6.21. The molecule has 1 N–H and O–H groups in total. The maximum absolute atomic E-state index is 11.6. The molecule has 0 saturated heterocycles. The van der Waals surface area contributed by atoms with E-state index in [2.05, 4.69) is 26.1 Å². The molecule has 0 aromatic carbocycles. The highest BCUT2D eigenvalue weighted by Crippen LogP contribution is 2.26. The molecule has 0 radical (unpaired) electrons. The van der Waals surface area contributed by atoms with Crippen LogP contribution in [0.15, 0.2) is 0 Å². The second-order valence-corrected chi connectivity index (χ2v) is 6.21. The lowest BCUT2D eigenvalue weighted by molar-refractivity contribution is -0.128. The molecule has 0 aromatic rings. The van der Waals surface area contributed by atoms with Crippen molar-refractivity contribution in [2.75, 3.05) is 26.9 Å². The van der Waals surface area contributed by atoms with Gasteiger partial charge in [0.15, 0.2) is 0 Å². The van der Waals surface area contributed by atoms with Crippen LogP contribution in [0.2, 0.25) is 0 Å². The zero-order valence-electron chi connectivity index (χ0n) is 12.1. The van der Waals surface area contributed by atoms with Crippen LogP contribution in [0.25, 0.3) is 0 Å². The van der Waals surface area contributed by atoms with Crippen molar-refractivity contribution in [1.29, 1.82) is 0 Å². The molecule has 1 amide bonds. The first-order valence-electron chi connectivity index (χ1n) is 6.04. The molecule has 0 aliphatic heterocycles. The van der Waals surface area contributed by atoms with Crippen LogP contribution in [0, 0.1) is 5.41 Å². The van der Waals surface area contributed by atoms with E-state index in [0.29, 0.717) is 13.2 Å². The predicted molar refractivity (Wildman–Crippen MR) is 69.0 cm³/mol. The monoisotopic (exact) mass is 245 g/mol. The topological polar surface area (TPSA) is 47.6 Å². The molecule has 4 heteroatoms. The van der Waals surface area contributed by atoms with E-state index in [1.54, 1.807) is 7.11 Å². The molecular formula is C13H27NO3. The maximum atomic E-state index is 11.6. The predicted octanol–water partition coefficient (Wildman–Crippen LogP) is 1.98. The van der Waals surface area contributed by atoms with Crippen LogP contribution in [0.4, 0.5) is 0 Å². The molecule has 0 spiro atoms. The summed E-state index contributed by atoms with van der Waals surface area (Å²) in [5, 5.41) is 2.98. The standard InChI is InChI=1S/C13H27NO3/c1-12(2,3)10-13(4,5)14-11(15)9-17-8-7-16-6/h7-10H2,1-6H3,(H,14,15). The smallest absolute Gasteiger partial charge is 0.246 e. The number of hydrogen-bond acceptors (Lipinski definition) is 3. The lowest BCUT2D eigenvalue weighted by Crippen LogP contribution is -2.47. The molecule has 0 heterocycles. The average Bonchev–Trinajstić information content (AvgIpc) is 2.07. The fourth-order valence-electron chi connectivity index (χ4n) is 2.09. The summed E-state index contributed by atoms with van der Waals surface area (Å²) in [4.78, 5) is 11.6. The summed E-state index contributed by atoms with van der Waals surface area (Å²) in [5.41, 5.74) is -0.0202. The van der Waals surface area contributed by atoms with Gasteiger partial charge in [-0.05, 0) is 25.7 Å². The highest BCUT2D eigenvalue weighted by molar-refractivity contribution is 5.77. The summed E-state index contributed by atoms with van der Waals surface area (Å²) in [6.45, 7) is 11.6. The van der Waals surface area contributed by atoms with Gasteiger partial charge in [0.05, 0.1) is 13.2 Å². The van der Waals surface area contributed by atoms with Crippen LogP contribution in [0.1, 0.15) is 41.0 Å². The summed E-state index contributed by atoms with van der Waals surface area (Å²) in [6, 6.07) is 0. The number of rotatable bonds is 7. The van der Waals surface area contributed by atoms with Crippen molar-refractivity contribution in [3.05, 3.63) is 0 Å². The van der Waals surface area contributed by atoms with Crippen molar-refractivity contribution >= 4 is 5.91 Å². The molecule has 0 aromatic heterocycles. The van der Waals surface area contributed by atoms with Crippen molar-refractivity contribution in [3.8, 4) is 0 Å². The molecule has 4 nitrogen and oxygen atoms in total. The summed E-state index contributed by atoms with van der Waals surface area (Å²) < 4.78 is 10.0. The molecule has 0 fully saturated rings. The number of hydrogen-bond donors (Lipinski definition) is 1. The van der Waals surface area contributed by atoms with Gasteiger partial charge < -0.3 is 14.8 Å². The molecule has 0 rings (SSSR count). The van der Waals surface area contributed by atoms with Gasteiger partial charge in [0.25, 0.3) is 0 Å². The quantitative estimate of drug-likeness (QED) is 0.698. The Balaban J connectivity index is 3.93. The number of methoxy groups -OCH3 is 1. The molecular weight excluding hydrogens is 218 g/mol. The molecule has 0 aliphatic carbocycles. The van der Waals surface area contributed by atoms with Gasteiger partial charge in [-0.25, -0.2) is 0 Å². The summed E-state index contributed by atoms with van der Waals surface area (Å²) in [5.74, 6) is -0.0737. The van der Waals surface area contributed by atoms with E-state index < -0.39 is 0 Å². The first-order chi connectivity index (χ1) is 7.66. The molecule has 0 saturated carbocycles. The van der Waals surface area contributed by atoms with Crippen LogP contribution in [0.5, 0.6) is 0 Å². The Morgan fingerprint density at radius 2 is 1.71 bits per heavy atom. The maximum Gasteiger partial charge on any atom is 0.246 e. The van der Waals surface area contributed by atoms with Gasteiger partial charge >= 0.3 is 0 Å². The number of carbonyl (C=O) groups is 1. The number of amides is 1. The van der Waals surface area contributed by atoms with E-state index in [-0.39, 0.29) is 23.5 Å². The van der Waals surface area contributed by atoms with Crippen molar-refractivity contribution in [3.63, 3.8) is 0 Å². The summed E-state index contributed by atoms with van der Waals surface area (Å²) in [6.07, 6.45) is 0.920. The van der Waals surface area contributed by atoms with E-state index >= 15 is 0 Å². The van der Waals surface area contributed by atoms with Crippen LogP contribution in [-0.2, 0) is 14.3 Å². The largest absolute Gasteiger partial charge is 0.382 e. The molecule has 0 aliphatic rings. The lowest BCUT2D eigenvalue weighted by Gasteiger charge is -2.33. The first kappa shape index (κ1) is 16.4. The second kappa shape index (κ2) is 6.97. The normalized spacial score (nSPS) is 12.6. The van der Waals surface area contributed by atoms with Gasteiger partial charge in [-0.2, -0.15) is 0 Å². The zero-order chi connectivity index (χ0) is 13.5. The Hall–Kier alpha value is -0.610. The Kier molecular flexibility index (Phi) is 6.72. The van der Waals surface area contributed by atoms with E-state index in [0.717, 1.165) is 6.42 Å². The van der Waals surface area contributed by atoms with Crippen molar-refractivity contribution < 1.29 is 14.3 Å². The highest BCUT2D eigenvalue weighted by Gasteiger charge is 2.26. The zero-order valence-corrected chi connectivity index (χ0v) is 12.1. The van der Waals surface area contributed by atoms with Gasteiger partial charge in [-0.1, -0.05) is 20.8 Å². The summed E-state index contributed by atoms with van der Waals surface area (Å²) in [7, 11) is 1.61. The average molecular weight is 245 g/mol. The minimum Gasteiger partial charge on any atom is -0.382 e. The van der Waals surface area contributed by atoms with Crippen molar-refractivity contribution in [2.45, 2.75) is 46.6 Å². The SMILES string of the molecule is COCCOCC(=O)NC(C)(C)CC(C)(C)C.